The summed E-state index contributed by atoms with van der Waals surface area (Å²) in [7, 11) is 2.30. The third-order valence-corrected chi connectivity index (χ3v) is 4.70. The van der Waals surface area contributed by atoms with Gasteiger partial charge in [-0.3, -0.25) is 4.98 Å². The topological polar surface area (TPSA) is 28.2 Å². The monoisotopic (exact) mass is 289 g/mol. The summed E-state index contributed by atoms with van der Waals surface area (Å²) >= 11 is 0. The Labute approximate surface area is 130 Å². The number of likely N-dealkylation sites (N-methyl/N-ethyl adjacent to an activating group) is 1. The van der Waals surface area contributed by atoms with Crippen molar-refractivity contribution in [2.45, 2.75) is 64.0 Å². The third kappa shape index (κ3) is 5.40. The van der Waals surface area contributed by atoms with E-state index in [-0.39, 0.29) is 0 Å². The fourth-order valence-electron chi connectivity index (χ4n) is 3.40. The van der Waals surface area contributed by atoms with Crippen LogP contribution < -0.4 is 5.32 Å². The molecular formula is C18H31N3. The van der Waals surface area contributed by atoms with Crippen LogP contribution >= 0.6 is 0 Å². The molecule has 2 rings (SSSR count). The SMILES string of the molecule is CCCNC1CCCCCC1N(C)CCc1ccncc1. The van der Waals surface area contributed by atoms with Crippen LogP contribution in [-0.4, -0.2) is 42.1 Å². The van der Waals surface area contributed by atoms with Gasteiger partial charge in [-0.25, -0.2) is 0 Å². The fraction of sp³-hybridized carbons (Fsp3) is 0.722. The number of nitrogens with zero attached hydrogens (tertiary/aromatic N) is 2. The van der Waals surface area contributed by atoms with Crippen molar-refractivity contribution in [3.05, 3.63) is 30.1 Å². The lowest BCUT2D eigenvalue weighted by atomic mass is 10.0. The molecule has 0 aliphatic heterocycles. The quantitative estimate of drug-likeness (QED) is 0.781. The van der Waals surface area contributed by atoms with Gasteiger partial charge in [0.25, 0.3) is 0 Å². The summed E-state index contributed by atoms with van der Waals surface area (Å²) in [5.74, 6) is 0. The van der Waals surface area contributed by atoms with Gasteiger partial charge in [-0.2, -0.15) is 0 Å². The molecule has 118 valence electrons. The first-order valence-corrected chi connectivity index (χ1v) is 8.63. The van der Waals surface area contributed by atoms with Crippen molar-refractivity contribution in [1.29, 1.82) is 0 Å². The van der Waals surface area contributed by atoms with E-state index in [9.17, 15) is 0 Å². The van der Waals surface area contributed by atoms with Crippen LogP contribution in [0, 0.1) is 0 Å². The zero-order valence-electron chi connectivity index (χ0n) is 13.7. The van der Waals surface area contributed by atoms with Gasteiger partial charge in [0, 0.05) is 31.0 Å². The Morgan fingerprint density at radius 3 is 2.71 bits per heavy atom. The van der Waals surface area contributed by atoms with E-state index in [1.54, 1.807) is 0 Å². The number of aromatic nitrogens is 1. The molecule has 1 saturated carbocycles. The van der Waals surface area contributed by atoms with E-state index in [1.807, 2.05) is 12.4 Å². The van der Waals surface area contributed by atoms with Crippen molar-refractivity contribution in [1.82, 2.24) is 15.2 Å². The van der Waals surface area contributed by atoms with Gasteiger partial charge in [0.05, 0.1) is 0 Å². The molecule has 1 aromatic rings. The predicted molar refractivity (Wildman–Crippen MR) is 89.5 cm³/mol. The molecule has 1 aliphatic rings. The molecule has 1 fully saturated rings. The third-order valence-electron chi connectivity index (χ3n) is 4.70. The maximum Gasteiger partial charge on any atom is 0.0270 e. The summed E-state index contributed by atoms with van der Waals surface area (Å²) in [6.07, 6.45) is 13.0. The molecule has 2 unspecified atom stereocenters. The first kappa shape index (κ1) is 16.4. The smallest absolute Gasteiger partial charge is 0.0270 e. The summed E-state index contributed by atoms with van der Waals surface area (Å²) in [6, 6.07) is 5.64. The number of nitrogens with one attached hydrogen (secondary N) is 1. The average Bonchev–Trinajstić information content (AvgIpc) is 2.77. The Morgan fingerprint density at radius 2 is 1.95 bits per heavy atom. The molecule has 1 aliphatic carbocycles. The van der Waals surface area contributed by atoms with Crippen LogP contribution in [0.3, 0.4) is 0 Å². The number of hydrogen-bond donors (Lipinski definition) is 1. The maximum absolute atomic E-state index is 4.10. The number of rotatable bonds is 7. The minimum Gasteiger partial charge on any atom is -0.312 e. The zero-order valence-corrected chi connectivity index (χ0v) is 13.7. The van der Waals surface area contributed by atoms with Crippen molar-refractivity contribution in [2.24, 2.45) is 0 Å². The highest BCUT2D eigenvalue weighted by molar-refractivity contribution is 5.10. The molecule has 0 radical (unpaired) electrons. The molecule has 0 saturated heterocycles. The normalized spacial score (nSPS) is 23.2. The van der Waals surface area contributed by atoms with Gasteiger partial charge in [-0.15, -0.1) is 0 Å². The molecule has 2 atom stereocenters. The van der Waals surface area contributed by atoms with Crippen molar-refractivity contribution in [3.63, 3.8) is 0 Å². The van der Waals surface area contributed by atoms with Gasteiger partial charge in [-0.1, -0.05) is 26.2 Å². The number of hydrogen-bond acceptors (Lipinski definition) is 3. The Balaban J connectivity index is 1.88. The van der Waals surface area contributed by atoms with Crippen molar-refractivity contribution >= 4 is 0 Å². The van der Waals surface area contributed by atoms with Crippen LogP contribution in [0.2, 0.25) is 0 Å². The van der Waals surface area contributed by atoms with E-state index in [0.29, 0.717) is 12.1 Å². The highest BCUT2D eigenvalue weighted by Gasteiger charge is 2.26. The lowest BCUT2D eigenvalue weighted by Gasteiger charge is -2.34. The van der Waals surface area contributed by atoms with Gasteiger partial charge < -0.3 is 10.2 Å². The van der Waals surface area contributed by atoms with E-state index >= 15 is 0 Å². The molecular weight excluding hydrogens is 258 g/mol. The highest BCUT2D eigenvalue weighted by atomic mass is 15.2. The lowest BCUT2D eigenvalue weighted by Crippen LogP contribution is -2.48. The lowest BCUT2D eigenvalue weighted by molar-refractivity contribution is 0.183. The molecule has 21 heavy (non-hydrogen) atoms. The second-order valence-electron chi connectivity index (χ2n) is 6.35. The second kappa shape index (κ2) is 9.16. The Hall–Kier alpha value is -0.930. The van der Waals surface area contributed by atoms with Crippen LogP contribution in [-0.2, 0) is 6.42 Å². The van der Waals surface area contributed by atoms with Crippen LogP contribution in [0.25, 0.3) is 0 Å². The van der Waals surface area contributed by atoms with Gasteiger partial charge in [0.15, 0.2) is 0 Å². The zero-order chi connectivity index (χ0) is 14.9. The molecule has 1 aromatic heterocycles. The molecule has 0 amide bonds. The summed E-state index contributed by atoms with van der Waals surface area (Å²) in [4.78, 5) is 6.68. The van der Waals surface area contributed by atoms with E-state index in [4.69, 9.17) is 0 Å². The standard InChI is InChI=1S/C18H31N3/c1-3-12-20-17-7-5-4-6-8-18(17)21(2)15-11-16-9-13-19-14-10-16/h9-10,13-14,17-18,20H,3-8,11-12,15H2,1-2H3. The highest BCUT2D eigenvalue weighted by Crippen LogP contribution is 2.22. The molecule has 0 aromatic carbocycles. The summed E-state index contributed by atoms with van der Waals surface area (Å²) in [5, 5.41) is 3.79. The first-order valence-electron chi connectivity index (χ1n) is 8.63. The van der Waals surface area contributed by atoms with Crippen molar-refractivity contribution < 1.29 is 0 Å². The minimum atomic E-state index is 0.676. The van der Waals surface area contributed by atoms with Crippen LogP contribution in [0.15, 0.2) is 24.5 Å². The Kier molecular flexibility index (Phi) is 7.17. The molecule has 1 N–H and O–H groups in total. The number of pyridine rings is 1. The maximum atomic E-state index is 4.10. The van der Waals surface area contributed by atoms with Crippen LogP contribution in [0.1, 0.15) is 51.0 Å². The summed E-state index contributed by atoms with van der Waals surface area (Å²) in [6.45, 7) is 4.55. The molecule has 1 heterocycles. The van der Waals surface area contributed by atoms with Gasteiger partial charge in [0.2, 0.25) is 0 Å². The van der Waals surface area contributed by atoms with Crippen LogP contribution in [0.5, 0.6) is 0 Å². The van der Waals surface area contributed by atoms with Gasteiger partial charge in [0.1, 0.15) is 0 Å². The van der Waals surface area contributed by atoms with Gasteiger partial charge in [-0.05, 0) is 57.0 Å². The molecule has 0 bridgehead atoms. The van der Waals surface area contributed by atoms with Crippen LogP contribution in [0.4, 0.5) is 0 Å². The molecule has 3 nitrogen and oxygen atoms in total. The summed E-state index contributed by atoms with van der Waals surface area (Å²) < 4.78 is 0. The van der Waals surface area contributed by atoms with E-state index in [0.717, 1.165) is 19.5 Å². The largest absolute Gasteiger partial charge is 0.312 e. The predicted octanol–water partition coefficient (Wildman–Crippen LogP) is 3.26. The van der Waals surface area contributed by atoms with E-state index < -0.39 is 0 Å². The van der Waals surface area contributed by atoms with E-state index in [1.165, 1.54) is 44.1 Å². The summed E-state index contributed by atoms with van der Waals surface area (Å²) in [5.41, 5.74) is 1.39. The first-order chi connectivity index (χ1) is 10.3. The minimum absolute atomic E-state index is 0.676. The molecule has 0 spiro atoms. The second-order valence-corrected chi connectivity index (χ2v) is 6.35. The fourth-order valence-corrected chi connectivity index (χ4v) is 3.40. The Morgan fingerprint density at radius 1 is 1.19 bits per heavy atom. The van der Waals surface area contributed by atoms with Gasteiger partial charge >= 0.3 is 0 Å². The average molecular weight is 289 g/mol. The van der Waals surface area contributed by atoms with Crippen molar-refractivity contribution in [2.75, 3.05) is 20.1 Å². The van der Waals surface area contributed by atoms with E-state index in [2.05, 4.69) is 41.3 Å². The Bertz CT molecular complexity index is 379. The molecule has 3 heteroatoms. The van der Waals surface area contributed by atoms with Crippen molar-refractivity contribution in [3.8, 4) is 0 Å².